The van der Waals surface area contributed by atoms with Gasteiger partial charge in [0.15, 0.2) is 11.5 Å². The van der Waals surface area contributed by atoms with Crippen molar-refractivity contribution in [2.45, 2.75) is 32.2 Å². The molecule has 2 atom stereocenters. The fourth-order valence-electron chi connectivity index (χ4n) is 4.43. The summed E-state index contributed by atoms with van der Waals surface area (Å²) in [6.45, 7) is 2.17. The Labute approximate surface area is 186 Å². The number of pyridine rings is 1. The van der Waals surface area contributed by atoms with Gasteiger partial charge >= 0.3 is 0 Å². The molecule has 2 heterocycles. The minimum absolute atomic E-state index is 0.137. The van der Waals surface area contributed by atoms with E-state index < -0.39 is 0 Å². The largest absolute Gasteiger partial charge is 0.382 e. The molecule has 6 heteroatoms. The number of hydrogen-bond donors (Lipinski definition) is 2. The summed E-state index contributed by atoms with van der Waals surface area (Å²) in [4.78, 5) is 26.9. The van der Waals surface area contributed by atoms with E-state index in [-0.39, 0.29) is 23.5 Å². The molecule has 3 N–H and O–H groups in total. The summed E-state index contributed by atoms with van der Waals surface area (Å²) >= 11 is 0. The number of nitrogens with two attached hydrogens (primary N) is 1. The van der Waals surface area contributed by atoms with Gasteiger partial charge in [0.2, 0.25) is 0 Å². The summed E-state index contributed by atoms with van der Waals surface area (Å²) in [5.74, 6) is 0.319. The lowest BCUT2D eigenvalue weighted by Crippen LogP contribution is -2.37. The number of carbonyl (C=O) groups is 1. The second-order valence-corrected chi connectivity index (χ2v) is 8.42. The average molecular weight is 424 g/mol. The zero-order chi connectivity index (χ0) is 22.1. The van der Waals surface area contributed by atoms with E-state index in [9.17, 15) is 4.79 Å². The van der Waals surface area contributed by atoms with Crippen LogP contribution in [0.25, 0.3) is 33.4 Å². The molecule has 1 amide bonds. The van der Waals surface area contributed by atoms with E-state index in [1.54, 1.807) is 6.20 Å². The normalized spacial score (nSPS) is 18.0. The van der Waals surface area contributed by atoms with Gasteiger partial charge in [0, 0.05) is 28.8 Å². The molecule has 1 saturated carbocycles. The maximum Gasteiger partial charge on any atom is 0.273 e. The first-order valence-electron chi connectivity index (χ1n) is 11.0. The van der Waals surface area contributed by atoms with Gasteiger partial charge in [-0.25, -0.2) is 9.97 Å². The maximum atomic E-state index is 13.1. The van der Waals surface area contributed by atoms with E-state index in [4.69, 9.17) is 10.7 Å². The van der Waals surface area contributed by atoms with Crippen molar-refractivity contribution in [2.24, 2.45) is 5.92 Å². The molecular formula is C26H25N5O. The highest BCUT2D eigenvalue weighted by atomic mass is 16.2. The van der Waals surface area contributed by atoms with Gasteiger partial charge in [-0.05, 0) is 37.0 Å². The molecule has 2 aromatic heterocycles. The van der Waals surface area contributed by atoms with E-state index in [0.717, 1.165) is 41.3 Å². The number of fused-ring (bicyclic) bond motifs is 1. The van der Waals surface area contributed by atoms with Crippen LogP contribution in [0.4, 0.5) is 5.82 Å². The van der Waals surface area contributed by atoms with E-state index in [1.807, 2.05) is 60.7 Å². The maximum absolute atomic E-state index is 13.1. The number of amides is 1. The lowest BCUT2D eigenvalue weighted by molar-refractivity contribution is 0.0925. The van der Waals surface area contributed by atoms with Crippen LogP contribution in [0.5, 0.6) is 0 Å². The van der Waals surface area contributed by atoms with Crippen molar-refractivity contribution in [1.29, 1.82) is 0 Å². The van der Waals surface area contributed by atoms with Crippen molar-refractivity contribution in [3.63, 3.8) is 0 Å². The molecule has 4 aromatic rings. The zero-order valence-electron chi connectivity index (χ0n) is 18.0. The van der Waals surface area contributed by atoms with Crippen LogP contribution in [0.15, 0.2) is 66.9 Å². The summed E-state index contributed by atoms with van der Waals surface area (Å²) in [6.07, 6.45) is 4.99. The Morgan fingerprint density at radius 3 is 2.56 bits per heavy atom. The zero-order valence-corrected chi connectivity index (χ0v) is 18.0. The minimum atomic E-state index is -0.267. The number of hydrogen-bond acceptors (Lipinski definition) is 5. The standard InChI is InChI=1S/C26H25N5O/c1-16-7-5-11-20(16)29-26(32)24-25(27)31-22(17-8-3-2-4-9-17)23(30-24)19-12-13-21-18(15-19)10-6-14-28-21/h2-4,6,8-10,12-16,20H,5,7,11H2,1H3,(H2,27,31)(H,29,32). The van der Waals surface area contributed by atoms with Crippen LogP contribution < -0.4 is 11.1 Å². The highest BCUT2D eigenvalue weighted by molar-refractivity contribution is 5.98. The quantitative estimate of drug-likeness (QED) is 0.489. The van der Waals surface area contributed by atoms with Crippen LogP contribution in [-0.2, 0) is 0 Å². The van der Waals surface area contributed by atoms with Crippen LogP contribution in [-0.4, -0.2) is 26.9 Å². The number of aromatic nitrogens is 3. The van der Waals surface area contributed by atoms with Gasteiger partial charge in [0.25, 0.3) is 5.91 Å². The van der Waals surface area contributed by atoms with Crippen molar-refractivity contribution in [3.8, 4) is 22.5 Å². The predicted octanol–water partition coefficient (Wildman–Crippen LogP) is 4.86. The molecule has 160 valence electrons. The third-order valence-corrected chi connectivity index (χ3v) is 6.24. The smallest absolute Gasteiger partial charge is 0.273 e. The second-order valence-electron chi connectivity index (χ2n) is 8.42. The molecule has 1 aliphatic carbocycles. The van der Waals surface area contributed by atoms with Crippen molar-refractivity contribution >= 4 is 22.6 Å². The molecule has 6 nitrogen and oxygen atoms in total. The van der Waals surface area contributed by atoms with Gasteiger partial charge in [-0.15, -0.1) is 0 Å². The number of rotatable bonds is 4. The molecule has 0 radical (unpaired) electrons. The molecule has 0 spiro atoms. The second kappa shape index (κ2) is 8.38. The van der Waals surface area contributed by atoms with E-state index in [2.05, 4.69) is 22.2 Å². The average Bonchev–Trinajstić information content (AvgIpc) is 3.23. The van der Waals surface area contributed by atoms with Gasteiger partial charge < -0.3 is 11.1 Å². The third kappa shape index (κ3) is 3.80. The summed E-state index contributed by atoms with van der Waals surface area (Å²) in [5, 5.41) is 4.12. The lowest BCUT2D eigenvalue weighted by atomic mass is 10.0. The monoisotopic (exact) mass is 423 g/mol. The first-order chi connectivity index (χ1) is 15.6. The number of carbonyl (C=O) groups excluding carboxylic acids is 1. The predicted molar refractivity (Wildman–Crippen MR) is 127 cm³/mol. The van der Waals surface area contributed by atoms with Crippen LogP contribution >= 0.6 is 0 Å². The van der Waals surface area contributed by atoms with Crippen molar-refractivity contribution in [1.82, 2.24) is 20.3 Å². The Morgan fingerprint density at radius 1 is 0.969 bits per heavy atom. The van der Waals surface area contributed by atoms with Crippen LogP contribution in [0.3, 0.4) is 0 Å². The first kappa shape index (κ1) is 20.1. The third-order valence-electron chi connectivity index (χ3n) is 6.24. The fraction of sp³-hybridized carbons (Fsp3) is 0.231. The molecule has 5 rings (SSSR count). The van der Waals surface area contributed by atoms with Crippen molar-refractivity contribution in [2.75, 3.05) is 5.73 Å². The molecule has 2 aromatic carbocycles. The van der Waals surface area contributed by atoms with Crippen LogP contribution in [0.1, 0.15) is 36.7 Å². The van der Waals surface area contributed by atoms with Gasteiger partial charge in [0.05, 0.1) is 16.9 Å². The number of nitrogens with zero attached hydrogens (tertiary/aromatic N) is 3. The topological polar surface area (TPSA) is 93.8 Å². The minimum Gasteiger partial charge on any atom is -0.382 e. The first-order valence-corrected chi connectivity index (χ1v) is 11.0. The summed E-state index contributed by atoms with van der Waals surface area (Å²) in [7, 11) is 0. The Bertz CT molecular complexity index is 1290. The van der Waals surface area contributed by atoms with E-state index in [1.165, 1.54) is 0 Å². The SMILES string of the molecule is CC1CCCC1NC(=O)c1nc(-c2ccc3ncccc3c2)c(-c2ccccc2)nc1N. The van der Waals surface area contributed by atoms with Crippen molar-refractivity contribution < 1.29 is 4.79 Å². The summed E-state index contributed by atoms with van der Waals surface area (Å²) in [6, 6.07) is 19.8. The Kier molecular flexibility index (Phi) is 5.27. The van der Waals surface area contributed by atoms with Gasteiger partial charge in [-0.2, -0.15) is 0 Å². The lowest BCUT2D eigenvalue weighted by Gasteiger charge is -2.18. The fourth-order valence-corrected chi connectivity index (χ4v) is 4.43. The van der Waals surface area contributed by atoms with Crippen LogP contribution in [0, 0.1) is 5.92 Å². The number of anilines is 1. The van der Waals surface area contributed by atoms with Crippen LogP contribution in [0.2, 0.25) is 0 Å². The summed E-state index contributed by atoms with van der Waals surface area (Å²) < 4.78 is 0. The molecule has 1 aliphatic rings. The number of nitrogens with one attached hydrogen (secondary N) is 1. The molecule has 0 saturated heterocycles. The highest BCUT2D eigenvalue weighted by Gasteiger charge is 2.27. The van der Waals surface area contributed by atoms with Gasteiger partial charge in [-0.1, -0.05) is 55.8 Å². The van der Waals surface area contributed by atoms with E-state index in [0.29, 0.717) is 17.3 Å². The molecule has 32 heavy (non-hydrogen) atoms. The Hall–Kier alpha value is -3.80. The Balaban J connectivity index is 1.63. The molecule has 0 aliphatic heterocycles. The van der Waals surface area contributed by atoms with E-state index >= 15 is 0 Å². The van der Waals surface area contributed by atoms with Gasteiger partial charge in [-0.3, -0.25) is 9.78 Å². The van der Waals surface area contributed by atoms with Crippen molar-refractivity contribution in [3.05, 3.63) is 72.6 Å². The Morgan fingerprint density at radius 2 is 1.78 bits per heavy atom. The molecular weight excluding hydrogens is 398 g/mol. The molecule has 2 unspecified atom stereocenters. The van der Waals surface area contributed by atoms with Gasteiger partial charge in [0.1, 0.15) is 0 Å². The molecule has 1 fully saturated rings. The number of nitrogen functional groups attached to an aromatic ring is 1. The molecule has 0 bridgehead atoms. The number of benzene rings is 2. The summed E-state index contributed by atoms with van der Waals surface area (Å²) in [5.41, 5.74) is 10.4. The highest BCUT2D eigenvalue weighted by Crippen LogP contribution is 2.32.